The minimum atomic E-state index is -3.89. The van der Waals surface area contributed by atoms with Gasteiger partial charge in [-0.3, -0.25) is 4.79 Å². The second-order valence-electron chi connectivity index (χ2n) is 5.42. The van der Waals surface area contributed by atoms with E-state index in [1.54, 1.807) is 0 Å². The third-order valence-corrected chi connectivity index (χ3v) is 5.05. The molecule has 2 rings (SSSR count). The lowest BCUT2D eigenvalue weighted by molar-refractivity contribution is 0.0676. The summed E-state index contributed by atoms with van der Waals surface area (Å²) >= 11 is 5.92. The second kappa shape index (κ2) is 5.94. The molecule has 0 saturated carbocycles. The van der Waals surface area contributed by atoms with Gasteiger partial charge in [0.05, 0.1) is 4.90 Å². The second-order valence-corrected chi connectivity index (χ2v) is 7.42. The summed E-state index contributed by atoms with van der Waals surface area (Å²) in [7, 11) is -3.89. The van der Waals surface area contributed by atoms with Crippen molar-refractivity contribution in [2.75, 3.05) is 0 Å². The summed E-state index contributed by atoms with van der Waals surface area (Å²) in [5.41, 5.74) is 0.263. The molecule has 21 heavy (non-hydrogen) atoms. The van der Waals surface area contributed by atoms with Gasteiger partial charge >= 0.3 is 0 Å². The number of amides is 1. The van der Waals surface area contributed by atoms with Crippen molar-refractivity contribution in [1.29, 1.82) is 0 Å². The Balaban J connectivity index is 2.42. The number of halogens is 1. The first-order valence-electron chi connectivity index (χ1n) is 6.90. The number of hydrogen-bond acceptors (Lipinski definition) is 3. The van der Waals surface area contributed by atoms with E-state index in [0.717, 1.165) is 19.3 Å². The molecule has 1 aromatic carbocycles. The van der Waals surface area contributed by atoms with Crippen molar-refractivity contribution in [3.8, 4) is 0 Å². The van der Waals surface area contributed by atoms with Gasteiger partial charge in [-0.15, -0.1) is 0 Å². The van der Waals surface area contributed by atoms with Crippen LogP contribution in [0.5, 0.6) is 0 Å². The molecule has 0 aliphatic carbocycles. The van der Waals surface area contributed by atoms with Crippen LogP contribution in [0.1, 0.15) is 43.5 Å². The molecule has 1 heterocycles. The van der Waals surface area contributed by atoms with Gasteiger partial charge < -0.3 is 4.90 Å². The zero-order valence-electron chi connectivity index (χ0n) is 12.0. The van der Waals surface area contributed by atoms with Crippen LogP contribution >= 0.6 is 11.6 Å². The quantitative estimate of drug-likeness (QED) is 0.924. The summed E-state index contributed by atoms with van der Waals surface area (Å²) in [4.78, 5) is 14.4. The van der Waals surface area contributed by atoms with Crippen LogP contribution in [0.15, 0.2) is 23.1 Å². The Morgan fingerprint density at radius 3 is 2.62 bits per heavy atom. The number of hydrogen-bond donors (Lipinski definition) is 1. The molecule has 2 atom stereocenters. The number of likely N-dealkylation sites (tertiary alicyclic amines) is 1. The maximum atomic E-state index is 12.7. The summed E-state index contributed by atoms with van der Waals surface area (Å²) in [5.74, 6) is -0.195. The van der Waals surface area contributed by atoms with Crippen molar-refractivity contribution in [3.63, 3.8) is 0 Å². The summed E-state index contributed by atoms with van der Waals surface area (Å²) in [6.45, 7) is 4.04. The van der Waals surface area contributed by atoms with Gasteiger partial charge in [0.2, 0.25) is 10.0 Å². The van der Waals surface area contributed by atoms with E-state index in [1.807, 2.05) is 18.7 Å². The van der Waals surface area contributed by atoms with Crippen LogP contribution in [0.4, 0.5) is 0 Å². The van der Waals surface area contributed by atoms with E-state index in [0.29, 0.717) is 0 Å². The summed E-state index contributed by atoms with van der Waals surface area (Å²) in [6.07, 6.45) is 2.79. The molecule has 0 spiro atoms. The van der Waals surface area contributed by atoms with Crippen molar-refractivity contribution in [3.05, 3.63) is 28.8 Å². The van der Waals surface area contributed by atoms with Gasteiger partial charge in [0.25, 0.3) is 5.91 Å². The molecular weight excluding hydrogens is 312 g/mol. The number of carbonyl (C=O) groups excluding carboxylic acids is 1. The highest BCUT2D eigenvalue weighted by molar-refractivity contribution is 7.89. The van der Waals surface area contributed by atoms with Crippen LogP contribution in [-0.4, -0.2) is 31.3 Å². The SMILES string of the molecule is CCC1CCC(C)N1C(=O)c1cc(Cl)cc(S(N)(=O)=O)c1. The average Bonchev–Trinajstić information content (AvgIpc) is 2.77. The number of rotatable bonds is 3. The maximum absolute atomic E-state index is 12.7. The highest BCUT2D eigenvalue weighted by Gasteiger charge is 2.34. The lowest BCUT2D eigenvalue weighted by atomic mass is 10.1. The highest BCUT2D eigenvalue weighted by atomic mass is 35.5. The van der Waals surface area contributed by atoms with Gasteiger partial charge in [-0.1, -0.05) is 18.5 Å². The fourth-order valence-electron chi connectivity index (χ4n) is 2.84. The van der Waals surface area contributed by atoms with Crippen LogP contribution in [0.2, 0.25) is 5.02 Å². The number of primary sulfonamides is 1. The van der Waals surface area contributed by atoms with Gasteiger partial charge in [0.1, 0.15) is 0 Å². The fraction of sp³-hybridized carbons (Fsp3) is 0.500. The van der Waals surface area contributed by atoms with Gasteiger partial charge in [-0.2, -0.15) is 0 Å². The third kappa shape index (κ3) is 3.39. The zero-order chi connectivity index (χ0) is 15.8. The van der Waals surface area contributed by atoms with Crippen molar-refractivity contribution in [2.45, 2.75) is 50.1 Å². The third-order valence-electron chi connectivity index (χ3n) is 3.94. The molecule has 1 saturated heterocycles. The van der Waals surface area contributed by atoms with Crippen LogP contribution < -0.4 is 5.14 Å². The van der Waals surface area contributed by atoms with Gasteiger partial charge in [-0.05, 0) is 44.4 Å². The summed E-state index contributed by atoms with van der Waals surface area (Å²) in [5, 5.41) is 5.30. The molecule has 1 amide bonds. The standard InChI is InChI=1S/C14H19ClN2O3S/c1-3-12-5-4-9(2)17(12)14(18)10-6-11(15)8-13(7-10)21(16,19)20/h6-9,12H,3-5H2,1-2H3,(H2,16,19,20). The average molecular weight is 331 g/mol. The van der Waals surface area contributed by atoms with E-state index in [4.69, 9.17) is 16.7 Å². The zero-order valence-corrected chi connectivity index (χ0v) is 13.6. The van der Waals surface area contributed by atoms with E-state index in [-0.39, 0.29) is 33.5 Å². The topological polar surface area (TPSA) is 80.5 Å². The minimum absolute atomic E-state index is 0.138. The van der Waals surface area contributed by atoms with Gasteiger partial charge in [0.15, 0.2) is 0 Å². The number of nitrogens with zero attached hydrogens (tertiary/aromatic N) is 1. The van der Waals surface area contributed by atoms with Crippen LogP contribution in [0.3, 0.4) is 0 Å². The van der Waals surface area contributed by atoms with Gasteiger partial charge in [-0.25, -0.2) is 13.6 Å². The molecule has 116 valence electrons. The number of benzene rings is 1. The first-order chi connectivity index (χ1) is 9.74. The van der Waals surface area contributed by atoms with E-state index >= 15 is 0 Å². The molecular formula is C14H19ClN2O3S. The molecule has 5 nitrogen and oxygen atoms in total. The number of carbonyl (C=O) groups is 1. The Labute approximate surface area is 130 Å². The highest BCUT2D eigenvalue weighted by Crippen LogP contribution is 2.29. The van der Waals surface area contributed by atoms with E-state index in [2.05, 4.69) is 0 Å². The van der Waals surface area contributed by atoms with Crippen molar-refractivity contribution in [1.82, 2.24) is 4.90 Å². The smallest absolute Gasteiger partial charge is 0.254 e. The Hall–Kier alpha value is -1.11. The minimum Gasteiger partial charge on any atom is -0.333 e. The fourth-order valence-corrected chi connectivity index (χ4v) is 3.72. The van der Waals surface area contributed by atoms with E-state index in [9.17, 15) is 13.2 Å². The monoisotopic (exact) mass is 330 g/mol. The lowest BCUT2D eigenvalue weighted by Gasteiger charge is -2.28. The predicted molar refractivity (Wildman–Crippen MR) is 81.8 cm³/mol. The van der Waals surface area contributed by atoms with E-state index < -0.39 is 10.0 Å². The summed E-state index contributed by atoms with van der Waals surface area (Å²) in [6, 6.07) is 4.35. The van der Waals surface area contributed by atoms with Crippen LogP contribution in [0, 0.1) is 0 Å². The van der Waals surface area contributed by atoms with E-state index in [1.165, 1.54) is 18.2 Å². The number of sulfonamides is 1. The number of nitrogens with two attached hydrogens (primary N) is 1. The normalized spacial score (nSPS) is 22.6. The largest absolute Gasteiger partial charge is 0.333 e. The van der Waals surface area contributed by atoms with Crippen LogP contribution in [0.25, 0.3) is 0 Å². The maximum Gasteiger partial charge on any atom is 0.254 e. The molecule has 1 aromatic rings. The molecule has 1 fully saturated rings. The van der Waals surface area contributed by atoms with Crippen molar-refractivity contribution in [2.24, 2.45) is 5.14 Å². The molecule has 7 heteroatoms. The molecule has 0 bridgehead atoms. The Morgan fingerprint density at radius 2 is 2.05 bits per heavy atom. The molecule has 2 unspecified atom stereocenters. The Morgan fingerprint density at radius 1 is 1.38 bits per heavy atom. The van der Waals surface area contributed by atoms with Gasteiger partial charge in [0, 0.05) is 22.7 Å². The Bertz CT molecular complexity index is 660. The predicted octanol–water partition coefficient (Wildman–Crippen LogP) is 2.39. The molecule has 0 aromatic heterocycles. The first kappa shape index (κ1) is 16.3. The lowest BCUT2D eigenvalue weighted by Crippen LogP contribution is -2.39. The van der Waals surface area contributed by atoms with Crippen molar-refractivity contribution >= 4 is 27.5 Å². The molecule has 1 aliphatic rings. The molecule has 2 N–H and O–H groups in total. The van der Waals surface area contributed by atoms with Crippen LogP contribution in [-0.2, 0) is 10.0 Å². The summed E-state index contributed by atoms with van der Waals surface area (Å²) < 4.78 is 22.9. The molecule has 1 aliphatic heterocycles. The molecule has 0 radical (unpaired) electrons. The van der Waals surface area contributed by atoms with Crippen molar-refractivity contribution < 1.29 is 13.2 Å². The first-order valence-corrected chi connectivity index (χ1v) is 8.82. The Kier molecular flexibility index (Phi) is 4.60.